The van der Waals surface area contributed by atoms with Crippen molar-refractivity contribution in [3.05, 3.63) is 12.7 Å². The number of hydrogen-bond acceptors (Lipinski definition) is 2. The zero-order chi connectivity index (χ0) is 8.15. The highest BCUT2D eigenvalue weighted by atomic mass is 16.5. The molecule has 0 amide bonds. The average molecular weight is 142 g/mol. The van der Waals surface area contributed by atoms with E-state index >= 15 is 0 Å². The third kappa shape index (κ3) is 2.21. The fourth-order valence-corrected chi connectivity index (χ4v) is 0.605. The van der Waals surface area contributed by atoms with Crippen molar-refractivity contribution in [1.29, 1.82) is 0 Å². The van der Waals surface area contributed by atoms with Gasteiger partial charge in [-0.25, -0.2) is 0 Å². The molecule has 0 bridgehead atoms. The number of ether oxygens (including phenoxy) is 1. The van der Waals surface area contributed by atoms with Crippen LogP contribution in [0.15, 0.2) is 12.7 Å². The first kappa shape index (κ1) is 9.21. The molecule has 0 aromatic rings. The Morgan fingerprint density at radius 2 is 2.10 bits per heavy atom. The molecule has 2 heteroatoms. The maximum Gasteiger partial charge on any atom is 0.308 e. The molecule has 0 spiro atoms. The minimum absolute atomic E-state index is 0.0810. The van der Waals surface area contributed by atoms with Crippen LogP contribution in [0.2, 0.25) is 0 Å². The number of rotatable bonds is 3. The van der Waals surface area contributed by atoms with E-state index in [0.29, 0.717) is 0 Å². The molecule has 0 aromatic heterocycles. The van der Waals surface area contributed by atoms with Crippen LogP contribution in [0.3, 0.4) is 0 Å². The van der Waals surface area contributed by atoms with Crippen LogP contribution >= 0.6 is 0 Å². The Morgan fingerprint density at radius 3 is 2.40 bits per heavy atom. The second kappa shape index (κ2) is 4.09. The molecule has 0 rings (SSSR count). The Hall–Kier alpha value is -0.790. The first-order chi connectivity index (χ1) is 4.63. The topological polar surface area (TPSA) is 26.3 Å². The second-order valence-corrected chi connectivity index (χ2v) is 2.41. The van der Waals surface area contributed by atoms with E-state index in [-0.39, 0.29) is 17.8 Å². The van der Waals surface area contributed by atoms with Gasteiger partial charge in [-0.05, 0) is 5.92 Å². The highest BCUT2D eigenvalue weighted by Gasteiger charge is 2.17. The number of carbonyl (C=O) groups is 1. The molecule has 0 aliphatic heterocycles. The zero-order valence-corrected chi connectivity index (χ0v) is 6.76. The van der Waals surface area contributed by atoms with Gasteiger partial charge in [0.1, 0.15) is 0 Å². The molecule has 0 N–H and O–H groups in total. The van der Waals surface area contributed by atoms with Crippen molar-refractivity contribution in [2.24, 2.45) is 11.8 Å². The molecular formula is C8H14O2. The summed E-state index contributed by atoms with van der Waals surface area (Å²) in [5, 5.41) is 0. The van der Waals surface area contributed by atoms with Gasteiger partial charge in [0.2, 0.25) is 0 Å². The van der Waals surface area contributed by atoms with Gasteiger partial charge >= 0.3 is 5.97 Å². The largest absolute Gasteiger partial charge is 0.469 e. The van der Waals surface area contributed by atoms with Gasteiger partial charge in [0.25, 0.3) is 0 Å². The standard InChI is InChI=1S/C8H14O2/c1-5-6(2)7(3)8(9)10-4/h5-7H,1H2,2-4H3. The molecule has 2 unspecified atom stereocenters. The van der Waals surface area contributed by atoms with Gasteiger partial charge < -0.3 is 4.74 Å². The molecule has 10 heavy (non-hydrogen) atoms. The van der Waals surface area contributed by atoms with Gasteiger partial charge in [-0.15, -0.1) is 6.58 Å². The number of esters is 1. The maximum absolute atomic E-state index is 10.8. The van der Waals surface area contributed by atoms with Crippen LogP contribution in [-0.4, -0.2) is 13.1 Å². The van der Waals surface area contributed by atoms with E-state index in [1.807, 2.05) is 13.8 Å². The van der Waals surface area contributed by atoms with E-state index in [0.717, 1.165) is 0 Å². The van der Waals surface area contributed by atoms with E-state index in [4.69, 9.17) is 0 Å². The fraction of sp³-hybridized carbons (Fsp3) is 0.625. The summed E-state index contributed by atoms with van der Waals surface area (Å²) >= 11 is 0. The highest BCUT2D eigenvalue weighted by molar-refractivity contribution is 5.72. The number of carbonyl (C=O) groups excluding carboxylic acids is 1. The lowest BCUT2D eigenvalue weighted by molar-refractivity contribution is -0.145. The molecule has 0 fully saturated rings. The molecule has 0 heterocycles. The summed E-state index contributed by atoms with van der Waals surface area (Å²) in [5.41, 5.74) is 0. The van der Waals surface area contributed by atoms with Gasteiger partial charge in [-0.3, -0.25) is 4.79 Å². The van der Waals surface area contributed by atoms with E-state index in [9.17, 15) is 4.79 Å². The zero-order valence-electron chi connectivity index (χ0n) is 6.76. The molecule has 0 aliphatic carbocycles. The Morgan fingerprint density at radius 1 is 1.60 bits per heavy atom. The lowest BCUT2D eigenvalue weighted by Crippen LogP contribution is -2.18. The van der Waals surface area contributed by atoms with Crippen LogP contribution in [0.1, 0.15) is 13.8 Å². The Kier molecular flexibility index (Phi) is 3.77. The SMILES string of the molecule is C=CC(C)C(C)C(=O)OC. The van der Waals surface area contributed by atoms with E-state index in [1.165, 1.54) is 7.11 Å². The highest BCUT2D eigenvalue weighted by Crippen LogP contribution is 2.12. The van der Waals surface area contributed by atoms with Gasteiger partial charge in [0, 0.05) is 0 Å². The van der Waals surface area contributed by atoms with Crippen molar-refractivity contribution in [2.75, 3.05) is 7.11 Å². The lowest BCUT2D eigenvalue weighted by atomic mass is 9.97. The van der Waals surface area contributed by atoms with E-state index < -0.39 is 0 Å². The molecule has 2 atom stereocenters. The van der Waals surface area contributed by atoms with Gasteiger partial charge in [-0.1, -0.05) is 19.9 Å². The molecule has 0 saturated heterocycles. The third-order valence-corrected chi connectivity index (χ3v) is 1.73. The molecular weight excluding hydrogens is 128 g/mol. The summed E-state index contributed by atoms with van der Waals surface area (Å²) in [6.45, 7) is 7.36. The fourth-order valence-electron chi connectivity index (χ4n) is 0.605. The van der Waals surface area contributed by atoms with Gasteiger partial charge in [-0.2, -0.15) is 0 Å². The van der Waals surface area contributed by atoms with Gasteiger partial charge in [0.05, 0.1) is 13.0 Å². The van der Waals surface area contributed by atoms with Gasteiger partial charge in [0.15, 0.2) is 0 Å². The van der Waals surface area contributed by atoms with Crippen LogP contribution in [0.5, 0.6) is 0 Å². The summed E-state index contributed by atoms with van der Waals surface area (Å²) in [4.78, 5) is 10.8. The van der Waals surface area contributed by atoms with E-state index in [1.54, 1.807) is 6.08 Å². The van der Waals surface area contributed by atoms with Crippen LogP contribution in [-0.2, 0) is 9.53 Å². The first-order valence-electron chi connectivity index (χ1n) is 3.33. The minimum atomic E-state index is -0.174. The molecule has 0 aliphatic rings. The van der Waals surface area contributed by atoms with Crippen molar-refractivity contribution in [3.8, 4) is 0 Å². The van der Waals surface area contributed by atoms with Crippen LogP contribution < -0.4 is 0 Å². The minimum Gasteiger partial charge on any atom is -0.469 e. The third-order valence-electron chi connectivity index (χ3n) is 1.73. The van der Waals surface area contributed by atoms with Crippen molar-refractivity contribution in [1.82, 2.24) is 0 Å². The quantitative estimate of drug-likeness (QED) is 0.442. The lowest BCUT2D eigenvalue weighted by Gasteiger charge is -2.12. The number of allylic oxidation sites excluding steroid dienone is 1. The smallest absolute Gasteiger partial charge is 0.308 e. The summed E-state index contributed by atoms with van der Waals surface area (Å²) < 4.78 is 4.55. The Balaban J connectivity index is 3.93. The normalized spacial score (nSPS) is 15.5. The molecule has 0 radical (unpaired) electrons. The van der Waals surface area contributed by atoms with Crippen molar-refractivity contribution in [2.45, 2.75) is 13.8 Å². The maximum atomic E-state index is 10.8. The summed E-state index contributed by atoms with van der Waals surface area (Å²) in [6, 6.07) is 0. The monoisotopic (exact) mass is 142 g/mol. The molecule has 0 saturated carbocycles. The Bertz CT molecular complexity index is 129. The summed E-state index contributed by atoms with van der Waals surface area (Å²) in [5.74, 6) is -0.0673. The summed E-state index contributed by atoms with van der Waals surface area (Å²) in [6.07, 6.45) is 1.75. The molecule has 0 aromatic carbocycles. The molecule has 2 nitrogen and oxygen atoms in total. The average Bonchev–Trinajstić information content (AvgIpc) is 2.00. The van der Waals surface area contributed by atoms with Crippen molar-refractivity contribution < 1.29 is 9.53 Å². The van der Waals surface area contributed by atoms with E-state index in [2.05, 4.69) is 11.3 Å². The predicted octanol–water partition coefficient (Wildman–Crippen LogP) is 1.62. The first-order valence-corrected chi connectivity index (χ1v) is 3.33. The summed E-state index contributed by atoms with van der Waals surface area (Å²) in [7, 11) is 1.40. The van der Waals surface area contributed by atoms with Crippen molar-refractivity contribution in [3.63, 3.8) is 0 Å². The van der Waals surface area contributed by atoms with Crippen molar-refractivity contribution >= 4 is 5.97 Å². The second-order valence-electron chi connectivity index (χ2n) is 2.41. The van der Waals surface area contributed by atoms with Crippen LogP contribution in [0.4, 0.5) is 0 Å². The number of hydrogen-bond donors (Lipinski definition) is 0. The number of methoxy groups -OCH3 is 1. The van der Waals surface area contributed by atoms with Crippen LogP contribution in [0.25, 0.3) is 0 Å². The molecule has 58 valence electrons. The van der Waals surface area contributed by atoms with Crippen LogP contribution in [0, 0.1) is 11.8 Å². The Labute approximate surface area is 61.9 Å². The predicted molar refractivity (Wildman–Crippen MR) is 40.5 cm³/mol.